The van der Waals surface area contributed by atoms with Crippen LogP contribution in [0.4, 0.5) is 0 Å². The maximum atomic E-state index is 12.5. The van der Waals surface area contributed by atoms with Crippen molar-refractivity contribution < 1.29 is 4.79 Å². The van der Waals surface area contributed by atoms with Gasteiger partial charge in [0, 0.05) is 11.5 Å². The van der Waals surface area contributed by atoms with E-state index < -0.39 is 0 Å². The van der Waals surface area contributed by atoms with E-state index >= 15 is 0 Å². The van der Waals surface area contributed by atoms with Gasteiger partial charge in [-0.25, -0.2) is 0 Å². The van der Waals surface area contributed by atoms with E-state index in [9.17, 15) is 4.79 Å². The van der Waals surface area contributed by atoms with E-state index in [1.165, 1.54) is 19.3 Å². The molecule has 2 saturated carbocycles. The van der Waals surface area contributed by atoms with Crippen LogP contribution in [-0.4, -0.2) is 5.78 Å². The maximum Gasteiger partial charge on any atom is 0.166 e. The molecule has 1 aromatic rings. The molecule has 4 atom stereocenters. The molecule has 2 aliphatic carbocycles. The topological polar surface area (TPSA) is 17.1 Å². The molecular weight excluding hydrogens is 232 g/mol. The zero-order valence-electron chi connectivity index (χ0n) is 12.2. The fraction of sp³-hybridized carbons (Fsp3) is 0.611. The largest absolute Gasteiger partial charge is 0.294 e. The molecule has 0 amide bonds. The molecule has 1 aromatic carbocycles. The lowest BCUT2D eigenvalue weighted by Crippen LogP contribution is -2.23. The summed E-state index contributed by atoms with van der Waals surface area (Å²) in [6.07, 6.45) is 3.83. The monoisotopic (exact) mass is 256 g/mol. The Morgan fingerprint density at radius 2 is 1.74 bits per heavy atom. The summed E-state index contributed by atoms with van der Waals surface area (Å²) in [7, 11) is 0. The van der Waals surface area contributed by atoms with Gasteiger partial charge in [0.05, 0.1) is 0 Å². The predicted octanol–water partition coefficient (Wildman–Crippen LogP) is 4.58. The lowest BCUT2D eigenvalue weighted by atomic mass is 9.72. The second-order valence-electron chi connectivity index (χ2n) is 7.46. The molecule has 1 nitrogen and oxygen atoms in total. The Hall–Kier alpha value is -1.11. The number of carbonyl (C=O) groups excluding carboxylic acids is 1. The minimum absolute atomic E-state index is 0.328. The Kier molecular flexibility index (Phi) is 3.03. The molecule has 102 valence electrons. The fourth-order valence-corrected chi connectivity index (χ4v) is 3.97. The highest BCUT2D eigenvalue weighted by atomic mass is 16.1. The first-order chi connectivity index (χ1) is 8.98. The van der Waals surface area contributed by atoms with Crippen LogP contribution in [0.3, 0.4) is 0 Å². The first-order valence-corrected chi connectivity index (χ1v) is 7.58. The second-order valence-corrected chi connectivity index (χ2v) is 7.46. The van der Waals surface area contributed by atoms with Gasteiger partial charge in [0.15, 0.2) is 5.78 Å². The van der Waals surface area contributed by atoms with Crippen molar-refractivity contribution in [1.82, 2.24) is 0 Å². The van der Waals surface area contributed by atoms with Crippen molar-refractivity contribution >= 4 is 5.78 Å². The molecule has 0 bridgehead atoms. The third-order valence-electron chi connectivity index (χ3n) is 5.32. The molecule has 1 unspecified atom stereocenters. The molecule has 0 saturated heterocycles. The average Bonchev–Trinajstić information content (AvgIpc) is 3.11. The maximum absolute atomic E-state index is 12.5. The highest BCUT2D eigenvalue weighted by Crippen LogP contribution is 2.60. The smallest absolute Gasteiger partial charge is 0.166 e. The quantitative estimate of drug-likeness (QED) is 0.708. The van der Waals surface area contributed by atoms with Gasteiger partial charge in [-0.15, -0.1) is 0 Å². The Morgan fingerprint density at radius 3 is 2.37 bits per heavy atom. The summed E-state index contributed by atoms with van der Waals surface area (Å²) in [5, 5.41) is 0. The van der Waals surface area contributed by atoms with Gasteiger partial charge in [0.2, 0.25) is 0 Å². The van der Waals surface area contributed by atoms with Crippen molar-refractivity contribution in [1.29, 1.82) is 0 Å². The van der Waals surface area contributed by atoms with Gasteiger partial charge in [0.25, 0.3) is 0 Å². The Balaban J connectivity index is 1.69. The number of hydrogen-bond donors (Lipinski definition) is 0. The van der Waals surface area contributed by atoms with E-state index in [0.29, 0.717) is 29.0 Å². The van der Waals surface area contributed by atoms with Crippen LogP contribution in [-0.2, 0) is 0 Å². The zero-order valence-corrected chi connectivity index (χ0v) is 12.2. The summed E-state index contributed by atoms with van der Waals surface area (Å²) in [6.45, 7) is 7.02. The van der Waals surface area contributed by atoms with Crippen molar-refractivity contribution in [3.05, 3.63) is 35.9 Å². The number of carbonyl (C=O) groups is 1. The van der Waals surface area contributed by atoms with E-state index in [1.54, 1.807) is 0 Å². The van der Waals surface area contributed by atoms with E-state index in [-0.39, 0.29) is 0 Å². The molecule has 0 aliphatic heterocycles. The molecular formula is C18H24O. The van der Waals surface area contributed by atoms with Crippen LogP contribution in [0, 0.1) is 29.1 Å². The van der Waals surface area contributed by atoms with Crippen LogP contribution in [0.25, 0.3) is 0 Å². The molecule has 2 fully saturated rings. The predicted molar refractivity (Wildman–Crippen MR) is 78.0 cm³/mol. The van der Waals surface area contributed by atoms with Crippen LogP contribution in [0.15, 0.2) is 30.3 Å². The number of ketones is 1. The number of fused-ring (bicyclic) bond motifs is 1. The fourth-order valence-electron chi connectivity index (χ4n) is 3.97. The van der Waals surface area contributed by atoms with Gasteiger partial charge in [-0.1, -0.05) is 51.1 Å². The van der Waals surface area contributed by atoms with Crippen LogP contribution >= 0.6 is 0 Å². The van der Waals surface area contributed by atoms with Crippen LogP contribution in [0.1, 0.15) is 50.4 Å². The summed E-state index contributed by atoms with van der Waals surface area (Å²) >= 11 is 0. The molecule has 0 radical (unpaired) electrons. The lowest BCUT2D eigenvalue weighted by molar-refractivity contribution is 0.0955. The normalized spacial score (nSPS) is 33.6. The summed E-state index contributed by atoms with van der Waals surface area (Å²) in [5.41, 5.74) is 1.31. The second kappa shape index (κ2) is 4.47. The van der Waals surface area contributed by atoms with Crippen molar-refractivity contribution in [3.8, 4) is 0 Å². The average molecular weight is 256 g/mol. The van der Waals surface area contributed by atoms with Gasteiger partial charge in [-0.2, -0.15) is 0 Å². The first kappa shape index (κ1) is 12.9. The van der Waals surface area contributed by atoms with Gasteiger partial charge in [-0.3, -0.25) is 4.79 Å². The molecule has 2 aliphatic rings. The van der Waals surface area contributed by atoms with Crippen LogP contribution < -0.4 is 0 Å². The lowest BCUT2D eigenvalue weighted by Gasteiger charge is -2.33. The summed E-state index contributed by atoms with van der Waals surface area (Å²) in [5.74, 6) is 2.87. The zero-order chi connectivity index (χ0) is 13.6. The van der Waals surface area contributed by atoms with E-state index in [0.717, 1.165) is 11.5 Å². The summed E-state index contributed by atoms with van der Waals surface area (Å²) in [6, 6.07) is 9.85. The number of hydrogen-bond acceptors (Lipinski definition) is 1. The minimum Gasteiger partial charge on any atom is -0.294 e. The molecule has 1 heteroatoms. The van der Waals surface area contributed by atoms with Gasteiger partial charge in [-0.05, 0) is 42.4 Å². The number of Topliss-reactive ketones (excluding diaryl/α,β-unsaturated/α-hetero) is 1. The minimum atomic E-state index is 0.328. The summed E-state index contributed by atoms with van der Waals surface area (Å²) in [4.78, 5) is 12.5. The molecule has 19 heavy (non-hydrogen) atoms. The van der Waals surface area contributed by atoms with Crippen molar-refractivity contribution in [2.24, 2.45) is 29.1 Å². The third-order valence-corrected chi connectivity index (χ3v) is 5.32. The molecule has 3 rings (SSSR count). The van der Waals surface area contributed by atoms with E-state index in [4.69, 9.17) is 0 Å². The Morgan fingerprint density at radius 1 is 1.05 bits per heavy atom. The van der Waals surface area contributed by atoms with Crippen molar-refractivity contribution in [2.75, 3.05) is 0 Å². The van der Waals surface area contributed by atoms with Gasteiger partial charge < -0.3 is 0 Å². The molecule has 0 spiro atoms. The standard InChI is InChI=1S/C18H24O/c1-18(2,3)13-9-10-14-15(11-13)16(14)17(19)12-7-5-4-6-8-12/h4-8,13-16H,9-11H2,1-3H3/t13?,14-,15+,16+/m1/s1. The third kappa shape index (κ3) is 2.35. The van der Waals surface area contributed by atoms with Gasteiger partial charge in [0.1, 0.15) is 0 Å². The highest BCUT2D eigenvalue weighted by Gasteiger charge is 2.57. The van der Waals surface area contributed by atoms with E-state index in [1.807, 2.05) is 30.3 Å². The Bertz CT molecular complexity index is 468. The van der Waals surface area contributed by atoms with Crippen LogP contribution in [0.5, 0.6) is 0 Å². The van der Waals surface area contributed by atoms with E-state index in [2.05, 4.69) is 20.8 Å². The summed E-state index contributed by atoms with van der Waals surface area (Å²) < 4.78 is 0. The molecule has 0 aromatic heterocycles. The molecule has 0 heterocycles. The SMILES string of the molecule is CC(C)(C)C1CC[C@@H]2[C@H](C1)[C@H]2C(=O)c1ccccc1. The van der Waals surface area contributed by atoms with Gasteiger partial charge >= 0.3 is 0 Å². The first-order valence-electron chi connectivity index (χ1n) is 7.58. The Labute approximate surface area is 116 Å². The number of rotatable bonds is 2. The molecule has 0 N–H and O–H groups in total. The highest BCUT2D eigenvalue weighted by molar-refractivity contribution is 6.00. The van der Waals surface area contributed by atoms with Crippen LogP contribution in [0.2, 0.25) is 0 Å². The van der Waals surface area contributed by atoms with Crippen molar-refractivity contribution in [2.45, 2.75) is 40.0 Å². The van der Waals surface area contributed by atoms with Crippen molar-refractivity contribution in [3.63, 3.8) is 0 Å². The number of benzene rings is 1.